The summed E-state index contributed by atoms with van der Waals surface area (Å²) >= 11 is 0. The lowest BCUT2D eigenvalue weighted by atomic mass is 9.88. The molecule has 1 aromatic carbocycles. The number of benzene rings is 1. The summed E-state index contributed by atoms with van der Waals surface area (Å²) in [6, 6.07) is 5.68. The van der Waals surface area contributed by atoms with E-state index >= 15 is 0 Å². The summed E-state index contributed by atoms with van der Waals surface area (Å²) in [6.07, 6.45) is 13.8. The number of aromatic hydroxyl groups is 1. The van der Waals surface area contributed by atoms with E-state index in [0.29, 0.717) is 5.75 Å². The minimum Gasteiger partial charge on any atom is -0.504 e. The van der Waals surface area contributed by atoms with Gasteiger partial charge in [0.2, 0.25) is 0 Å². The second-order valence-corrected chi connectivity index (χ2v) is 8.35. The summed E-state index contributed by atoms with van der Waals surface area (Å²) in [5, 5.41) is 10.1. The van der Waals surface area contributed by atoms with Gasteiger partial charge in [-0.05, 0) is 70.8 Å². The fraction of sp³-hybridized carbons (Fsp3) is 0.739. The highest BCUT2D eigenvalue weighted by Crippen LogP contribution is 2.40. The highest BCUT2D eigenvalue weighted by atomic mass is 16.5. The molecule has 0 saturated carbocycles. The van der Waals surface area contributed by atoms with E-state index in [0.717, 1.165) is 37.8 Å². The van der Waals surface area contributed by atoms with E-state index in [1.165, 1.54) is 51.5 Å². The van der Waals surface area contributed by atoms with Gasteiger partial charge in [0.25, 0.3) is 0 Å². The first-order valence-electron chi connectivity index (χ1n) is 10.7. The largest absolute Gasteiger partial charge is 0.504 e. The topological polar surface area (TPSA) is 32.7 Å². The van der Waals surface area contributed by atoms with Crippen molar-refractivity contribution in [1.82, 2.24) is 4.90 Å². The Balaban J connectivity index is 1.61. The fourth-order valence-corrected chi connectivity index (χ4v) is 3.93. The summed E-state index contributed by atoms with van der Waals surface area (Å²) in [7, 11) is 2.24. The Morgan fingerprint density at radius 1 is 1.04 bits per heavy atom. The van der Waals surface area contributed by atoms with E-state index in [1.807, 2.05) is 6.07 Å². The maximum Gasteiger partial charge on any atom is 0.164 e. The van der Waals surface area contributed by atoms with Gasteiger partial charge in [0.15, 0.2) is 11.5 Å². The molecule has 2 rings (SSSR count). The van der Waals surface area contributed by atoms with E-state index in [2.05, 4.69) is 31.9 Å². The van der Waals surface area contributed by atoms with Crippen LogP contribution in [-0.2, 0) is 6.42 Å². The van der Waals surface area contributed by atoms with Crippen molar-refractivity contribution in [1.29, 1.82) is 0 Å². The second kappa shape index (κ2) is 10.8. The molecule has 1 N–H and O–H groups in total. The van der Waals surface area contributed by atoms with Crippen LogP contribution in [0.3, 0.4) is 0 Å². The van der Waals surface area contributed by atoms with Crippen molar-refractivity contribution in [2.24, 2.45) is 0 Å². The van der Waals surface area contributed by atoms with Crippen LogP contribution in [0.2, 0.25) is 0 Å². The van der Waals surface area contributed by atoms with Gasteiger partial charge in [-0.1, -0.05) is 57.6 Å². The van der Waals surface area contributed by atoms with Crippen LogP contribution in [-0.4, -0.2) is 35.7 Å². The average molecular weight is 362 g/mol. The molecule has 148 valence electrons. The Morgan fingerprint density at radius 2 is 1.73 bits per heavy atom. The summed E-state index contributed by atoms with van der Waals surface area (Å²) in [5.41, 5.74) is 0.991. The molecule has 0 amide bonds. The van der Waals surface area contributed by atoms with Crippen LogP contribution in [0.4, 0.5) is 0 Å². The Bertz CT molecular complexity index is 531. The van der Waals surface area contributed by atoms with Crippen LogP contribution in [0.1, 0.15) is 83.6 Å². The van der Waals surface area contributed by atoms with Crippen LogP contribution < -0.4 is 4.74 Å². The lowest BCUT2D eigenvalue weighted by Crippen LogP contribution is -2.37. The Kier molecular flexibility index (Phi) is 8.77. The molecule has 0 aromatic heterocycles. The first kappa shape index (κ1) is 21.1. The molecular weight excluding hydrogens is 322 g/mol. The first-order valence-corrected chi connectivity index (χ1v) is 10.7. The van der Waals surface area contributed by atoms with E-state index in [4.69, 9.17) is 4.74 Å². The number of unbranched alkanes of at least 4 members (excludes halogenated alkanes) is 6. The predicted molar refractivity (Wildman–Crippen MR) is 110 cm³/mol. The molecule has 0 fully saturated rings. The van der Waals surface area contributed by atoms with E-state index < -0.39 is 0 Å². The molecule has 0 aliphatic carbocycles. The van der Waals surface area contributed by atoms with Crippen molar-refractivity contribution in [2.75, 3.05) is 20.1 Å². The predicted octanol–water partition coefficient (Wildman–Crippen LogP) is 5.94. The van der Waals surface area contributed by atoms with Crippen LogP contribution in [0, 0.1) is 0 Å². The summed E-state index contributed by atoms with van der Waals surface area (Å²) < 4.78 is 6.21. The zero-order valence-corrected chi connectivity index (χ0v) is 17.2. The van der Waals surface area contributed by atoms with Gasteiger partial charge >= 0.3 is 0 Å². The van der Waals surface area contributed by atoms with Gasteiger partial charge in [-0.15, -0.1) is 0 Å². The van der Waals surface area contributed by atoms with Crippen LogP contribution >= 0.6 is 0 Å². The number of phenolic OH excluding ortho intramolecular Hbond substituents is 1. The summed E-state index contributed by atoms with van der Waals surface area (Å²) in [4.78, 5) is 2.46. The number of phenols is 1. The molecule has 26 heavy (non-hydrogen) atoms. The Labute approximate surface area is 160 Å². The number of ether oxygens (including phenoxy) is 1. The molecule has 1 aliphatic rings. The zero-order valence-electron chi connectivity index (χ0n) is 17.2. The van der Waals surface area contributed by atoms with Crippen molar-refractivity contribution >= 4 is 0 Å². The standard InChI is InChI=1S/C23H39NO2/c1-4-5-6-7-8-9-10-18-24(3)19-12-16-23(2)17-15-20-13-11-14-21(25)22(20)26-23/h11,13-14,25H,4-10,12,15-19H2,1-3H3. The summed E-state index contributed by atoms with van der Waals surface area (Å²) in [6.45, 7) is 6.80. The Morgan fingerprint density at radius 3 is 2.50 bits per heavy atom. The van der Waals surface area contributed by atoms with E-state index in [9.17, 15) is 5.11 Å². The number of aryl methyl sites for hydroxylation is 1. The molecule has 3 heteroatoms. The quantitative estimate of drug-likeness (QED) is 0.468. The minimum absolute atomic E-state index is 0.147. The minimum atomic E-state index is -0.147. The Hall–Kier alpha value is -1.22. The van der Waals surface area contributed by atoms with Gasteiger partial charge in [-0.25, -0.2) is 0 Å². The van der Waals surface area contributed by atoms with E-state index in [1.54, 1.807) is 6.07 Å². The fourth-order valence-electron chi connectivity index (χ4n) is 3.93. The van der Waals surface area contributed by atoms with Gasteiger partial charge in [0.1, 0.15) is 5.60 Å². The monoisotopic (exact) mass is 361 g/mol. The van der Waals surface area contributed by atoms with Gasteiger partial charge in [-0.3, -0.25) is 0 Å². The molecule has 0 spiro atoms. The first-order chi connectivity index (χ1) is 12.5. The van der Waals surface area contributed by atoms with Gasteiger partial charge < -0.3 is 14.7 Å². The average Bonchev–Trinajstić information content (AvgIpc) is 2.62. The number of hydrogen-bond donors (Lipinski definition) is 1. The molecule has 1 atom stereocenters. The maximum absolute atomic E-state index is 10.1. The second-order valence-electron chi connectivity index (χ2n) is 8.35. The van der Waals surface area contributed by atoms with Crippen molar-refractivity contribution in [3.8, 4) is 11.5 Å². The van der Waals surface area contributed by atoms with Gasteiger partial charge in [-0.2, -0.15) is 0 Å². The third-order valence-corrected chi connectivity index (χ3v) is 5.74. The molecule has 0 radical (unpaired) electrons. The number of fused-ring (bicyclic) bond motifs is 1. The van der Waals surface area contributed by atoms with Crippen LogP contribution in [0.5, 0.6) is 11.5 Å². The van der Waals surface area contributed by atoms with Crippen LogP contribution in [0.15, 0.2) is 18.2 Å². The molecular formula is C23H39NO2. The van der Waals surface area contributed by atoms with Crippen molar-refractivity contribution < 1.29 is 9.84 Å². The van der Waals surface area contributed by atoms with Gasteiger partial charge in [0, 0.05) is 0 Å². The van der Waals surface area contributed by atoms with Crippen LogP contribution in [0.25, 0.3) is 0 Å². The normalized spacial score (nSPS) is 19.4. The number of nitrogens with zero attached hydrogens (tertiary/aromatic N) is 1. The molecule has 3 nitrogen and oxygen atoms in total. The van der Waals surface area contributed by atoms with Crippen molar-refractivity contribution in [2.45, 2.75) is 90.1 Å². The maximum atomic E-state index is 10.1. The van der Waals surface area contributed by atoms with Crippen molar-refractivity contribution in [3.63, 3.8) is 0 Å². The lowest BCUT2D eigenvalue weighted by Gasteiger charge is -2.36. The molecule has 1 unspecified atom stereocenters. The molecule has 1 aromatic rings. The number of rotatable bonds is 12. The molecule has 1 heterocycles. The highest BCUT2D eigenvalue weighted by molar-refractivity contribution is 5.47. The molecule has 1 aliphatic heterocycles. The zero-order chi connectivity index (χ0) is 18.8. The SMILES string of the molecule is CCCCCCCCCN(C)CCCC1(C)CCc2cccc(O)c2O1. The smallest absolute Gasteiger partial charge is 0.164 e. The highest BCUT2D eigenvalue weighted by Gasteiger charge is 2.32. The molecule has 0 bridgehead atoms. The molecule has 0 saturated heterocycles. The number of hydrogen-bond acceptors (Lipinski definition) is 3. The third kappa shape index (κ3) is 6.83. The third-order valence-electron chi connectivity index (χ3n) is 5.74. The summed E-state index contributed by atoms with van der Waals surface area (Å²) in [5.74, 6) is 0.988. The number of para-hydroxylation sites is 1. The van der Waals surface area contributed by atoms with Crippen molar-refractivity contribution in [3.05, 3.63) is 23.8 Å². The van der Waals surface area contributed by atoms with E-state index in [-0.39, 0.29) is 11.4 Å². The lowest BCUT2D eigenvalue weighted by molar-refractivity contribution is 0.0485. The van der Waals surface area contributed by atoms with Gasteiger partial charge in [0.05, 0.1) is 0 Å².